The van der Waals surface area contributed by atoms with E-state index in [9.17, 15) is 8.42 Å². The second kappa shape index (κ2) is 7.27. The summed E-state index contributed by atoms with van der Waals surface area (Å²) in [5.74, 6) is 0. The van der Waals surface area contributed by atoms with Crippen molar-refractivity contribution < 1.29 is 18.2 Å². The molecule has 0 saturated heterocycles. The van der Waals surface area contributed by atoms with Gasteiger partial charge >= 0.3 is 0 Å². The monoisotopic (exact) mass is 425 g/mol. The Bertz CT molecular complexity index is 903. The second-order valence-corrected chi connectivity index (χ2v) is 8.92. The van der Waals surface area contributed by atoms with Crippen LogP contribution in [0.15, 0.2) is 57.0 Å². The molecule has 1 aliphatic rings. The molecular weight excluding hydrogens is 406 g/mol. The predicted molar refractivity (Wildman–Crippen MR) is 101 cm³/mol. The molecule has 0 aliphatic heterocycles. The van der Waals surface area contributed by atoms with Gasteiger partial charge in [-0.3, -0.25) is 4.55 Å². The van der Waals surface area contributed by atoms with Crippen LogP contribution in [0.1, 0.15) is 37.0 Å². The van der Waals surface area contributed by atoms with E-state index in [4.69, 9.17) is 9.76 Å². The highest BCUT2D eigenvalue weighted by molar-refractivity contribution is 9.10. The molecule has 0 aromatic heterocycles. The zero-order valence-corrected chi connectivity index (χ0v) is 16.6. The molecule has 0 bridgehead atoms. The minimum atomic E-state index is -4.02. The van der Waals surface area contributed by atoms with Crippen molar-refractivity contribution in [3.8, 4) is 0 Å². The summed E-state index contributed by atoms with van der Waals surface area (Å²) in [6, 6.07) is 12.1. The van der Waals surface area contributed by atoms with E-state index in [1.807, 2.05) is 19.1 Å². The summed E-state index contributed by atoms with van der Waals surface area (Å²) in [7, 11) is -4.02. The number of fused-ring (bicyclic) bond motifs is 1. The third-order valence-corrected chi connectivity index (χ3v) is 5.43. The largest absolute Gasteiger partial charge is 0.411 e. The average molecular weight is 426 g/mol. The topological polar surface area (TPSA) is 87.0 Å². The Labute approximate surface area is 156 Å². The van der Waals surface area contributed by atoms with Gasteiger partial charge in [-0.1, -0.05) is 58.7 Å². The maximum Gasteiger partial charge on any atom is 0.294 e. The van der Waals surface area contributed by atoms with Crippen molar-refractivity contribution in [2.45, 2.75) is 37.5 Å². The van der Waals surface area contributed by atoms with Crippen LogP contribution < -0.4 is 0 Å². The summed E-state index contributed by atoms with van der Waals surface area (Å²) in [5.41, 5.74) is 4.14. The molecule has 0 amide bonds. The lowest BCUT2D eigenvalue weighted by Gasteiger charge is -2.17. The lowest BCUT2D eigenvalue weighted by atomic mass is 9.87. The van der Waals surface area contributed by atoms with Crippen molar-refractivity contribution in [2.75, 3.05) is 0 Å². The number of benzene rings is 2. The van der Waals surface area contributed by atoms with Gasteiger partial charge in [0, 0.05) is 16.5 Å². The van der Waals surface area contributed by atoms with Crippen molar-refractivity contribution in [2.24, 2.45) is 5.16 Å². The Morgan fingerprint density at radius 2 is 1.72 bits per heavy atom. The number of rotatable bonds is 1. The molecule has 1 aliphatic carbocycles. The number of halogens is 1. The number of nitrogens with zero attached hydrogens (tertiary/aromatic N) is 1. The van der Waals surface area contributed by atoms with Gasteiger partial charge < -0.3 is 5.21 Å². The summed E-state index contributed by atoms with van der Waals surface area (Å²) in [5, 5.41) is 12.3. The molecule has 0 fully saturated rings. The molecule has 2 aromatic rings. The first-order valence-electron chi connectivity index (χ1n) is 7.60. The Morgan fingerprint density at radius 3 is 2.24 bits per heavy atom. The van der Waals surface area contributed by atoms with Crippen LogP contribution in [0.5, 0.6) is 0 Å². The molecule has 25 heavy (non-hydrogen) atoms. The zero-order chi connectivity index (χ0) is 18.8. The fourth-order valence-electron chi connectivity index (χ4n) is 2.75. The molecule has 0 saturated carbocycles. The first-order valence-corrected chi connectivity index (χ1v) is 9.83. The summed E-state index contributed by atoms with van der Waals surface area (Å²) in [6.45, 7) is 6.17. The van der Waals surface area contributed by atoms with Crippen molar-refractivity contribution in [3.63, 3.8) is 0 Å². The van der Waals surface area contributed by atoms with Crippen LogP contribution in [-0.2, 0) is 15.5 Å². The highest BCUT2D eigenvalue weighted by Gasteiger charge is 2.34. The molecule has 0 atom stereocenters. The van der Waals surface area contributed by atoms with Gasteiger partial charge in [0.15, 0.2) is 0 Å². The number of aryl methyl sites for hydroxylation is 1. The van der Waals surface area contributed by atoms with E-state index in [0.29, 0.717) is 0 Å². The summed E-state index contributed by atoms with van der Waals surface area (Å²) in [6.07, 6.45) is 0.801. The van der Waals surface area contributed by atoms with Crippen LogP contribution in [-0.4, -0.2) is 23.9 Å². The van der Waals surface area contributed by atoms with Gasteiger partial charge in [0.1, 0.15) is 0 Å². The minimum Gasteiger partial charge on any atom is -0.411 e. The molecule has 134 valence electrons. The standard InChI is InChI=1S/C11H12BrNO.C7H8O3S/c1-11(2)6-10(13-14)8-5-7(12)3-4-9(8)11;1-6-2-4-7(5-3-6)11(8,9)10/h3-5,14H,6H2,1-2H3;2-5H,1H3,(H,8,9,10)/b13-10+;. The number of hydrogen-bond acceptors (Lipinski definition) is 4. The summed E-state index contributed by atoms with van der Waals surface area (Å²) < 4.78 is 30.6. The first-order chi connectivity index (χ1) is 11.5. The molecule has 2 aromatic carbocycles. The Kier molecular flexibility index (Phi) is 5.71. The highest BCUT2D eigenvalue weighted by Crippen LogP contribution is 2.39. The smallest absolute Gasteiger partial charge is 0.294 e. The van der Waals surface area contributed by atoms with Crippen molar-refractivity contribution in [3.05, 3.63) is 63.6 Å². The third-order valence-electron chi connectivity index (χ3n) is 4.07. The van der Waals surface area contributed by atoms with Crippen molar-refractivity contribution >= 4 is 31.8 Å². The van der Waals surface area contributed by atoms with Crippen molar-refractivity contribution in [1.29, 1.82) is 0 Å². The Hall–Kier alpha value is -1.70. The van der Waals surface area contributed by atoms with E-state index in [2.05, 4.69) is 41.0 Å². The fraction of sp³-hybridized carbons (Fsp3) is 0.278. The highest BCUT2D eigenvalue weighted by atomic mass is 79.9. The van der Waals surface area contributed by atoms with Crippen LogP contribution in [0.25, 0.3) is 0 Å². The molecule has 2 N–H and O–H groups in total. The predicted octanol–water partition coefficient (Wildman–Crippen LogP) is 4.55. The van der Waals surface area contributed by atoms with Gasteiger partial charge in [0.25, 0.3) is 10.1 Å². The van der Waals surface area contributed by atoms with E-state index >= 15 is 0 Å². The lowest BCUT2D eigenvalue weighted by molar-refractivity contribution is 0.317. The number of oxime groups is 1. The molecule has 7 heteroatoms. The zero-order valence-electron chi connectivity index (χ0n) is 14.2. The average Bonchev–Trinajstić information content (AvgIpc) is 2.77. The molecule has 0 heterocycles. The normalized spacial score (nSPS) is 16.9. The van der Waals surface area contributed by atoms with Crippen molar-refractivity contribution in [1.82, 2.24) is 0 Å². The molecule has 0 spiro atoms. The van der Waals surface area contributed by atoms with Gasteiger partial charge in [0.2, 0.25) is 0 Å². The SMILES string of the molecule is CC1(C)C/C(=N\O)c2cc(Br)ccc21.Cc1ccc(S(=O)(=O)O)cc1. The minimum absolute atomic E-state index is 0.0666. The van der Waals surface area contributed by atoms with E-state index in [1.165, 1.54) is 17.7 Å². The van der Waals surface area contributed by atoms with E-state index in [0.717, 1.165) is 27.7 Å². The fourth-order valence-corrected chi connectivity index (χ4v) is 3.60. The quantitative estimate of drug-likeness (QED) is 0.398. The van der Waals surface area contributed by atoms with Crippen LogP contribution in [0, 0.1) is 6.92 Å². The van der Waals surface area contributed by atoms with Crippen LogP contribution in [0.2, 0.25) is 0 Å². The molecule has 0 radical (unpaired) electrons. The Balaban J connectivity index is 0.000000186. The van der Waals surface area contributed by atoms with Gasteiger partial charge in [-0.2, -0.15) is 8.42 Å². The van der Waals surface area contributed by atoms with Gasteiger partial charge in [-0.25, -0.2) is 0 Å². The van der Waals surface area contributed by atoms with E-state index < -0.39 is 10.1 Å². The van der Waals surface area contributed by atoms with Gasteiger partial charge in [-0.05, 0) is 42.2 Å². The van der Waals surface area contributed by atoms with E-state index in [-0.39, 0.29) is 10.3 Å². The van der Waals surface area contributed by atoms with Gasteiger partial charge in [0.05, 0.1) is 10.6 Å². The second-order valence-electron chi connectivity index (χ2n) is 6.59. The maximum atomic E-state index is 10.5. The number of hydrogen-bond donors (Lipinski definition) is 2. The molecular formula is C18H20BrNO4S. The molecule has 3 rings (SSSR count). The maximum absolute atomic E-state index is 10.5. The lowest BCUT2D eigenvalue weighted by Crippen LogP contribution is -2.12. The van der Waals surface area contributed by atoms with Crippen LogP contribution in [0.4, 0.5) is 0 Å². The summed E-state index contributed by atoms with van der Waals surface area (Å²) >= 11 is 3.42. The van der Waals surface area contributed by atoms with Crippen LogP contribution >= 0.6 is 15.9 Å². The van der Waals surface area contributed by atoms with E-state index in [1.54, 1.807) is 12.1 Å². The summed E-state index contributed by atoms with van der Waals surface area (Å²) in [4.78, 5) is -0.0666. The third kappa shape index (κ3) is 4.68. The molecule has 0 unspecified atom stereocenters. The molecule has 5 nitrogen and oxygen atoms in total. The first kappa shape index (κ1) is 19.6. The van der Waals surface area contributed by atoms with Crippen LogP contribution in [0.3, 0.4) is 0 Å². The van der Waals surface area contributed by atoms with Gasteiger partial charge in [-0.15, -0.1) is 0 Å². The Morgan fingerprint density at radius 1 is 1.12 bits per heavy atom.